The standard InChI is InChI=1S/C14H16N2O4S/c1-3-16-9-13(11(2)15-21(16,18)19)14(17)20-10-12-7-5-4-6-8-12/h4-9H,3,10H2,1-2H3. The zero-order valence-corrected chi connectivity index (χ0v) is 12.6. The van der Waals surface area contributed by atoms with E-state index in [4.69, 9.17) is 4.74 Å². The molecule has 1 aromatic carbocycles. The lowest BCUT2D eigenvalue weighted by Gasteiger charge is -2.21. The molecule has 112 valence electrons. The molecule has 0 unspecified atom stereocenters. The molecule has 0 atom stereocenters. The third kappa shape index (κ3) is 3.49. The summed E-state index contributed by atoms with van der Waals surface area (Å²) in [6, 6.07) is 9.25. The molecule has 21 heavy (non-hydrogen) atoms. The Labute approximate surface area is 123 Å². The maximum Gasteiger partial charge on any atom is 0.344 e. The molecule has 0 aliphatic carbocycles. The van der Waals surface area contributed by atoms with Crippen molar-refractivity contribution in [2.24, 2.45) is 4.40 Å². The zero-order chi connectivity index (χ0) is 15.5. The minimum atomic E-state index is -3.72. The number of hydrogen-bond acceptors (Lipinski definition) is 4. The van der Waals surface area contributed by atoms with E-state index in [1.165, 1.54) is 13.1 Å². The maximum absolute atomic E-state index is 12.1. The number of rotatable bonds is 4. The fourth-order valence-corrected chi connectivity index (χ4v) is 2.95. The molecular formula is C14H16N2O4S. The van der Waals surface area contributed by atoms with Crippen molar-refractivity contribution in [3.05, 3.63) is 47.7 Å². The van der Waals surface area contributed by atoms with Gasteiger partial charge < -0.3 is 4.74 Å². The van der Waals surface area contributed by atoms with E-state index in [0.29, 0.717) is 0 Å². The molecule has 0 radical (unpaired) electrons. The summed E-state index contributed by atoms with van der Waals surface area (Å²) in [6.07, 6.45) is 1.27. The quantitative estimate of drug-likeness (QED) is 0.793. The van der Waals surface area contributed by atoms with Crippen molar-refractivity contribution in [2.45, 2.75) is 20.5 Å². The Morgan fingerprint density at radius 3 is 2.57 bits per heavy atom. The molecule has 1 aliphatic rings. The highest BCUT2D eigenvalue weighted by Crippen LogP contribution is 2.17. The molecule has 0 saturated carbocycles. The summed E-state index contributed by atoms with van der Waals surface area (Å²) >= 11 is 0. The van der Waals surface area contributed by atoms with Gasteiger partial charge in [-0.15, -0.1) is 4.40 Å². The second-order valence-corrected chi connectivity index (χ2v) is 6.01. The van der Waals surface area contributed by atoms with Crippen LogP contribution in [0.4, 0.5) is 0 Å². The first kappa shape index (κ1) is 15.2. The highest BCUT2D eigenvalue weighted by molar-refractivity contribution is 7.88. The second kappa shape index (κ2) is 6.09. The third-order valence-electron chi connectivity index (χ3n) is 2.96. The normalized spacial score (nSPS) is 17.0. The molecule has 0 bridgehead atoms. The van der Waals surface area contributed by atoms with Crippen molar-refractivity contribution in [3.63, 3.8) is 0 Å². The molecule has 0 fully saturated rings. The minimum Gasteiger partial charge on any atom is -0.457 e. The molecule has 0 spiro atoms. The van der Waals surface area contributed by atoms with E-state index in [9.17, 15) is 13.2 Å². The van der Waals surface area contributed by atoms with Crippen LogP contribution in [0.15, 0.2) is 46.5 Å². The van der Waals surface area contributed by atoms with Gasteiger partial charge in [-0.2, -0.15) is 8.42 Å². The van der Waals surface area contributed by atoms with Gasteiger partial charge in [-0.3, -0.25) is 4.31 Å². The Balaban J connectivity index is 2.12. The fourth-order valence-electron chi connectivity index (χ4n) is 1.83. The smallest absolute Gasteiger partial charge is 0.344 e. The fraction of sp³-hybridized carbons (Fsp3) is 0.286. The first-order valence-corrected chi connectivity index (χ1v) is 7.85. The predicted octanol–water partition coefficient (Wildman–Crippen LogP) is 1.65. The second-order valence-electron chi connectivity index (χ2n) is 4.46. The first-order chi connectivity index (χ1) is 9.94. The van der Waals surface area contributed by atoms with Crippen LogP contribution in [0.5, 0.6) is 0 Å². The van der Waals surface area contributed by atoms with Gasteiger partial charge in [0.05, 0.1) is 11.3 Å². The molecule has 0 saturated heterocycles. The first-order valence-electron chi connectivity index (χ1n) is 6.45. The summed E-state index contributed by atoms with van der Waals surface area (Å²) in [4.78, 5) is 12.1. The maximum atomic E-state index is 12.1. The van der Waals surface area contributed by atoms with Gasteiger partial charge in [-0.25, -0.2) is 4.79 Å². The number of carbonyl (C=O) groups excluding carboxylic acids is 1. The number of nitrogens with zero attached hydrogens (tertiary/aromatic N) is 2. The monoisotopic (exact) mass is 308 g/mol. The average Bonchev–Trinajstić information content (AvgIpc) is 2.45. The molecular weight excluding hydrogens is 292 g/mol. The van der Waals surface area contributed by atoms with Crippen LogP contribution in [0.2, 0.25) is 0 Å². The Bertz CT molecular complexity index is 693. The van der Waals surface area contributed by atoms with Gasteiger partial charge in [-0.1, -0.05) is 30.3 Å². The van der Waals surface area contributed by atoms with Crippen molar-refractivity contribution in [1.29, 1.82) is 0 Å². The Morgan fingerprint density at radius 2 is 1.95 bits per heavy atom. The number of benzene rings is 1. The van der Waals surface area contributed by atoms with E-state index >= 15 is 0 Å². The molecule has 6 nitrogen and oxygen atoms in total. The van der Waals surface area contributed by atoms with Crippen LogP contribution < -0.4 is 0 Å². The van der Waals surface area contributed by atoms with E-state index in [1.807, 2.05) is 30.3 Å². The predicted molar refractivity (Wildman–Crippen MR) is 78.7 cm³/mol. The summed E-state index contributed by atoms with van der Waals surface area (Å²) in [7, 11) is -3.72. The molecule has 2 rings (SSSR count). The minimum absolute atomic E-state index is 0.128. The molecule has 0 N–H and O–H groups in total. The number of esters is 1. The molecule has 1 heterocycles. The van der Waals surface area contributed by atoms with Crippen molar-refractivity contribution in [1.82, 2.24) is 4.31 Å². The number of hydrogen-bond donors (Lipinski definition) is 0. The van der Waals surface area contributed by atoms with E-state index in [2.05, 4.69) is 4.40 Å². The van der Waals surface area contributed by atoms with Gasteiger partial charge in [0.1, 0.15) is 6.61 Å². The highest BCUT2D eigenvalue weighted by Gasteiger charge is 2.27. The van der Waals surface area contributed by atoms with Crippen LogP contribution in [-0.4, -0.2) is 30.9 Å². The van der Waals surface area contributed by atoms with E-state index < -0.39 is 16.2 Å². The molecule has 0 amide bonds. The summed E-state index contributed by atoms with van der Waals surface area (Å²) in [5, 5.41) is 0. The van der Waals surface area contributed by atoms with Crippen LogP contribution in [0.25, 0.3) is 0 Å². The van der Waals surface area contributed by atoms with E-state index in [-0.39, 0.29) is 24.4 Å². The molecule has 0 aromatic heterocycles. The lowest BCUT2D eigenvalue weighted by molar-refractivity contribution is -0.139. The molecule has 7 heteroatoms. The van der Waals surface area contributed by atoms with Crippen LogP contribution >= 0.6 is 0 Å². The van der Waals surface area contributed by atoms with Crippen LogP contribution in [0.1, 0.15) is 19.4 Å². The van der Waals surface area contributed by atoms with Gasteiger partial charge in [0.2, 0.25) is 0 Å². The Morgan fingerprint density at radius 1 is 1.29 bits per heavy atom. The highest BCUT2D eigenvalue weighted by atomic mass is 32.2. The van der Waals surface area contributed by atoms with Gasteiger partial charge in [-0.05, 0) is 19.4 Å². The SMILES string of the molecule is CCN1C=C(C(=O)OCc2ccccc2)C(C)=NS1(=O)=O. The topological polar surface area (TPSA) is 76.0 Å². The average molecular weight is 308 g/mol. The Kier molecular flexibility index (Phi) is 4.42. The van der Waals surface area contributed by atoms with Gasteiger partial charge >= 0.3 is 16.2 Å². The molecule has 1 aliphatic heterocycles. The van der Waals surface area contributed by atoms with Gasteiger partial charge in [0.15, 0.2) is 0 Å². The third-order valence-corrected chi connectivity index (χ3v) is 4.42. The van der Waals surface area contributed by atoms with Crippen LogP contribution in [0, 0.1) is 0 Å². The summed E-state index contributed by atoms with van der Waals surface area (Å²) in [6.45, 7) is 3.47. The van der Waals surface area contributed by atoms with Crippen molar-refractivity contribution < 1.29 is 17.9 Å². The summed E-state index contributed by atoms with van der Waals surface area (Å²) in [5.74, 6) is -0.589. The van der Waals surface area contributed by atoms with E-state index in [0.717, 1.165) is 9.87 Å². The van der Waals surface area contributed by atoms with Gasteiger partial charge in [0, 0.05) is 12.7 Å². The number of ether oxygens (including phenoxy) is 1. The zero-order valence-electron chi connectivity index (χ0n) is 11.8. The van der Waals surface area contributed by atoms with Crippen LogP contribution in [0.3, 0.4) is 0 Å². The largest absolute Gasteiger partial charge is 0.457 e. The molecule has 1 aromatic rings. The summed E-state index contributed by atoms with van der Waals surface area (Å²) < 4.78 is 33.2. The van der Waals surface area contributed by atoms with E-state index in [1.54, 1.807) is 6.92 Å². The van der Waals surface area contributed by atoms with Crippen LogP contribution in [-0.2, 0) is 26.3 Å². The lowest BCUT2D eigenvalue weighted by Crippen LogP contribution is -2.31. The van der Waals surface area contributed by atoms with Crippen molar-refractivity contribution in [3.8, 4) is 0 Å². The lowest BCUT2D eigenvalue weighted by atomic mass is 10.2. The van der Waals surface area contributed by atoms with Crippen molar-refractivity contribution in [2.75, 3.05) is 6.54 Å². The van der Waals surface area contributed by atoms with Gasteiger partial charge in [0.25, 0.3) is 0 Å². The Hall–Kier alpha value is -2.15. The summed E-state index contributed by atoms with van der Waals surface area (Å²) in [5.41, 5.74) is 1.15. The number of carbonyl (C=O) groups is 1. The van der Waals surface area contributed by atoms with Crippen molar-refractivity contribution >= 4 is 21.9 Å².